The molecule has 1 amide bonds. The van der Waals surface area contributed by atoms with Crippen molar-refractivity contribution in [1.29, 1.82) is 0 Å². The largest absolute Gasteiger partial charge is 0.493 e. The van der Waals surface area contributed by atoms with Gasteiger partial charge in [0.1, 0.15) is 0 Å². The molecule has 1 atom stereocenters. The predicted octanol–water partition coefficient (Wildman–Crippen LogP) is 1.31. The van der Waals surface area contributed by atoms with Crippen molar-refractivity contribution in [3.8, 4) is 17.2 Å². The van der Waals surface area contributed by atoms with Crippen LogP contribution in [0.2, 0.25) is 0 Å². The third-order valence-electron chi connectivity index (χ3n) is 3.78. The Morgan fingerprint density at radius 2 is 1.95 bits per heavy atom. The van der Waals surface area contributed by atoms with E-state index in [1.807, 2.05) is 0 Å². The number of methoxy groups -OCH3 is 3. The van der Waals surface area contributed by atoms with Crippen molar-refractivity contribution in [2.24, 2.45) is 0 Å². The number of hydrogen-bond donors (Lipinski definition) is 1. The molecule has 116 valence electrons. The second kappa shape index (κ2) is 6.67. The van der Waals surface area contributed by atoms with Crippen molar-refractivity contribution in [1.82, 2.24) is 4.90 Å². The van der Waals surface area contributed by atoms with Crippen LogP contribution < -0.4 is 14.2 Å². The van der Waals surface area contributed by atoms with E-state index in [4.69, 9.17) is 14.2 Å². The van der Waals surface area contributed by atoms with Crippen LogP contribution in [0.5, 0.6) is 17.2 Å². The first-order chi connectivity index (χ1) is 10.2. The van der Waals surface area contributed by atoms with E-state index in [0.29, 0.717) is 29.4 Å². The molecule has 1 aliphatic heterocycles. The summed E-state index contributed by atoms with van der Waals surface area (Å²) in [6.07, 6.45) is 1.71. The van der Waals surface area contributed by atoms with E-state index in [9.17, 15) is 9.90 Å². The zero-order chi connectivity index (χ0) is 15.4. The fourth-order valence-corrected chi connectivity index (χ4v) is 2.72. The highest BCUT2D eigenvalue weighted by Crippen LogP contribution is 2.40. The normalized spacial score (nSPS) is 17.7. The van der Waals surface area contributed by atoms with E-state index >= 15 is 0 Å². The van der Waals surface area contributed by atoms with Crippen molar-refractivity contribution in [2.75, 3.05) is 34.5 Å². The summed E-state index contributed by atoms with van der Waals surface area (Å²) in [4.78, 5) is 14.4. The van der Waals surface area contributed by atoms with Gasteiger partial charge in [0.05, 0.1) is 39.5 Å². The van der Waals surface area contributed by atoms with Crippen LogP contribution in [0.15, 0.2) is 12.1 Å². The van der Waals surface area contributed by atoms with Crippen molar-refractivity contribution < 1.29 is 24.1 Å². The van der Waals surface area contributed by atoms with Crippen LogP contribution >= 0.6 is 0 Å². The zero-order valence-electron chi connectivity index (χ0n) is 12.6. The Hall–Kier alpha value is -1.95. The van der Waals surface area contributed by atoms with Gasteiger partial charge in [0.15, 0.2) is 11.5 Å². The van der Waals surface area contributed by atoms with Gasteiger partial charge in [-0.25, -0.2) is 0 Å². The minimum atomic E-state index is -0.163. The van der Waals surface area contributed by atoms with Gasteiger partial charge in [0.2, 0.25) is 5.75 Å². The van der Waals surface area contributed by atoms with Crippen LogP contribution in [0, 0.1) is 0 Å². The number of rotatable bonds is 5. The molecule has 2 rings (SSSR count). The van der Waals surface area contributed by atoms with Gasteiger partial charge in [-0.3, -0.25) is 4.79 Å². The Kier molecular flexibility index (Phi) is 4.90. The van der Waals surface area contributed by atoms with Gasteiger partial charge in [0, 0.05) is 6.54 Å². The molecule has 1 aromatic carbocycles. The SMILES string of the molecule is COc1ccc(C(=O)N2CCC[C@H]2CO)c(OC)c1OC. The number of likely N-dealkylation sites (tertiary alicyclic amines) is 1. The predicted molar refractivity (Wildman–Crippen MR) is 77.2 cm³/mol. The van der Waals surface area contributed by atoms with E-state index in [1.54, 1.807) is 17.0 Å². The van der Waals surface area contributed by atoms with E-state index in [2.05, 4.69) is 0 Å². The van der Waals surface area contributed by atoms with Crippen LogP contribution in [0.1, 0.15) is 23.2 Å². The lowest BCUT2D eigenvalue weighted by atomic mass is 10.1. The first-order valence-electron chi connectivity index (χ1n) is 6.88. The summed E-state index contributed by atoms with van der Waals surface area (Å²) in [5.41, 5.74) is 0.413. The quantitative estimate of drug-likeness (QED) is 0.887. The number of carbonyl (C=O) groups excluding carboxylic acids is 1. The van der Waals surface area contributed by atoms with Gasteiger partial charge in [-0.2, -0.15) is 0 Å². The van der Waals surface area contributed by atoms with Crippen LogP contribution in [0.3, 0.4) is 0 Å². The third kappa shape index (κ3) is 2.76. The number of aliphatic hydroxyl groups excluding tert-OH is 1. The number of amides is 1. The number of carbonyl (C=O) groups is 1. The Morgan fingerprint density at radius 1 is 1.24 bits per heavy atom. The molecule has 0 aliphatic carbocycles. The lowest BCUT2D eigenvalue weighted by Crippen LogP contribution is -2.37. The first-order valence-corrected chi connectivity index (χ1v) is 6.88. The van der Waals surface area contributed by atoms with Gasteiger partial charge in [-0.05, 0) is 25.0 Å². The second-order valence-electron chi connectivity index (χ2n) is 4.86. The molecule has 1 aliphatic rings. The van der Waals surface area contributed by atoms with Crippen LogP contribution in [0.25, 0.3) is 0 Å². The molecule has 0 spiro atoms. The zero-order valence-corrected chi connectivity index (χ0v) is 12.6. The average Bonchev–Trinajstić information content (AvgIpc) is 3.00. The highest BCUT2D eigenvalue weighted by molar-refractivity contribution is 5.98. The van der Waals surface area contributed by atoms with E-state index in [0.717, 1.165) is 12.8 Å². The van der Waals surface area contributed by atoms with Crippen molar-refractivity contribution in [3.05, 3.63) is 17.7 Å². The molecule has 1 aromatic rings. The molecule has 0 aromatic heterocycles. The Balaban J connectivity index is 2.41. The molecule has 6 heteroatoms. The summed E-state index contributed by atoms with van der Waals surface area (Å²) in [6.45, 7) is 0.614. The smallest absolute Gasteiger partial charge is 0.258 e. The Labute approximate surface area is 124 Å². The summed E-state index contributed by atoms with van der Waals surface area (Å²) >= 11 is 0. The standard InChI is InChI=1S/C15H21NO5/c1-19-12-7-6-11(13(20-2)14(12)21-3)15(18)16-8-4-5-10(16)9-17/h6-7,10,17H,4-5,8-9H2,1-3H3/t10-/m0/s1. The fourth-order valence-electron chi connectivity index (χ4n) is 2.72. The topological polar surface area (TPSA) is 68.2 Å². The Morgan fingerprint density at radius 3 is 2.52 bits per heavy atom. The molecule has 0 bridgehead atoms. The summed E-state index contributed by atoms with van der Waals surface area (Å²) in [5, 5.41) is 9.37. The summed E-state index contributed by atoms with van der Waals surface area (Å²) in [5.74, 6) is 1.09. The minimum absolute atomic E-state index is 0.0264. The van der Waals surface area contributed by atoms with Crippen LogP contribution in [-0.4, -0.2) is 56.4 Å². The van der Waals surface area contributed by atoms with E-state index < -0.39 is 0 Å². The van der Waals surface area contributed by atoms with E-state index in [1.165, 1.54) is 21.3 Å². The van der Waals surface area contributed by atoms with Gasteiger partial charge in [0.25, 0.3) is 5.91 Å². The lowest BCUT2D eigenvalue weighted by Gasteiger charge is -2.24. The molecule has 0 radical (unpaired) electrons. The monoisotopic (exact) mass is 295 g/mol. The van der Waals surface area contributed by atoms with Crippen LogP contribution in [0.4, 0.5) is 0 Å². The van der Waals surface area contributed by atoms with Gasteiger partial charge in [-0.15, -0.1) is 0 Å². The highest BCUT2D eigenvalue weighted by atomic mass is 16.5. The van der Waals surface area contributed by atoms with Gasteiger partial charge < -0.3 is 24.2 Å². The third-order valence-corrected chi connectivity index (χ3v) is 3.78. The molecule has 1 heterocycles. The first kappa shape index (κ1) is 15.4. The molecular formula is C15H21NO5. The summed E-state index contributed by atoms with van der Waals surface area (Å²) in [6, 6.07) is 3.21. The maximum absolute atomic E-state index is 12.7. The molecule has 1 fully saturated rings. The summed E-state index contributed by atoms with van der Waals surface area (Å²) < 4.78 is 15.9. The highest BCUT2D eigenvalue weighted by Gasteiger charge is 2.31. The average molecular weight is 295 g/mol. The molecule has 1 saturated heterocycles. The van der Waals surface area contributed by atoms with Crippen molar-refractivity contribution >= 4 is 5.91 Å². The molecule has 0 unspecified atom stereocenters. The van der Waals surface area contributed by atoms with Crippen molar-refractivity contribution in [2.45, 2.75) is 18.9 Å². The number of nitrogens with zero attached hydrogens (tertiary/aromatic N) is 1. The molecular weight excluding hydrogens is 274 g/mol. The molecule has 0 saturated carbocycles. The van der Waals surface area contributed by atoms with Gasteiger partial charge >= 0.3 is 0 Å². The van der Waals surface area contributed by atoms with Crippen LogP contribution in [-0.2, 0) is 0 Å². The maximum Gasteiger partial charge on any atom is 0.258 e. The summed E-state index contributed by atoms with van der Waals surface area (Å²) in [7, 11) is 4.52. The minimum Gasteiger partial charge on any atom is -0.493 e. The number of benzene rings is 1. The molecule has 21 heavy (non-hydrogen) atoms. The second-order valence-corrected chi connectivity index (χ2v) is 4.86. The molecule has 1 N–H and O–H groups in total. The Bertz CT molecular complexity index is 517. The fraction of sp³-hybridized carbons (Fsp3) is 0.533. The van der Waals surface area contributed by atoms with E-state index in [-0.39, 0.29) is 18.6 Å². The number of ether oxygens (including phenoxy) is 3. The maximum atomic E-state index is 12.7. The number of aliphatic hydroxyl groups is 1. The number of hydrogen-bond acceptors (Lipinski definition) is 5. The van der Waals surface area contributed by atoms with Gasteiger partial charge in [-0.1, -0.05) is 0 Å². The van der Waals surface area contributed by atoms with Crippen molar-refractivity contribution in [3.63, 3.8) is 0 Å². The molecule has 6 nitrogen and oxygen atoms in total. The lowest BCUT2D eigenvalue weighted by molar-refractivity contribution is 0.0673.